The van der Waals surface area contributed by atoms with Crippen LogP contribution in [0.4, 0.5) is 0 Å². The van der Waals surface area contributed by atoms with Gasteiger partial charge in [0.05, 0.1) is 17.3 Å². The summed E-state index contributed by atoms with van der Waals surface area (Å²) in [7, 11) is -2.04. The van der Waals surface area contributed by atoms with Crippen LogP contribution in [0, 0.1) is 5.92 Å². The minimum atomic E-state index is -4.04. The number of carbonyl (C=O) groups is 2. The van der Waals surface area contributed by atoms with Crippen molar-refractivity contribution in [3.05, 3.63) is 30.3 Å². The number of rotatable bonds is 10. The van der Waals surface area contributed by atoms with Crippen molar-refractivity contribution in [3.63, 3.8) is 0 Å². The summed E-state index contributed by atoms with van der Waals surface area (Å²) < 4.78 is 18.7. The van der Waals surface area contributed by atoms with E-state index in [0.717, 1.165) is 19.3 Å². The van der Waals surface area contributed by atoms with Gasteiger partial charge in [0.15, 0.2) is 0 Å². The Hall–Kier alpha value is -1.73. The Morgan fingerprint density at radius 2 is 1.93 bits per heavy atom. The fourth-order valence-corrected chi connectivity index (χ4v) is 5.90. The van der Waals surface area contributed by atoms with Crippen LogP contribution in [0.15, 0.2) is 30.3 Å². The van der Waals surface area contributed by atoms with Gasteiger partial charge in [0.1, 0.15) is 0 Å². The van der Waals surface area contributed by atoms with Crippen LogP contribution in [0.5, 0.6) is 0 Å². The Bertz CT molecular complexity index is 789. The van der Waals surface area contributed by atoms with E-state index in [1.165, 1.54) is 0 Å². The van der Waals surface area contributed by atoms with Crippen molar-refractivity contribution in [2.45, 2.75) is 63.1 Å². The van der Waals surface area contributed by atoms with Crippen LogP contribution >= 0.6 is 7.60 Å². The molecule has 2 bridgehead atoms. The Balaban J connectivity index is 1.64. The third-order valence-electron chi connectivity index (χ3n) is 6.24. The number of carboxylic acid groups (broad SMARTS) is 1. The van der Waals surface area contributed by atoms with Gasteiger partial charge in [-0.2, -0.15) is 0 Å². The monoisotopic (exact) mass is 438 g/mol. The summed E-state index contributed by atoms with van der Waals surface area (Å²) >= 11 is 0. The highest BCUT2D eigenvalue weighted by atomic mass is 31.2. The normalized spacial score (nSPS) is 28.1. The smallest absolute Gasteiger partial charge is 0.359 e. The molecule has 2 saturated heterocycles. The Morgan fingerprint density at radius 3 is 2.63 bits per heavy atom. The van der Waals surface area contributed by atoms with Crippen molar-refractivity contribution >= 4 is 24.8 Å². The molecule has 1 aromatic rings. The summed E-state index contributed by atoms with van der Waals surface area (Å²) in [6.07, 6.45) is 3.86. The van der Waals surface area contributed by atoms with E-state index in [1.54, 1.807) is 30.3 Å². The number of carbonyl (C=O) groups excluding carboxylic acids is 1. The average molecular weight is 438 g/mol. The molecule has 30 heavy (non-hydrogen) atoms. The lowest BCUT2D eigenvalue weighted by Gasteiger charge is -2.42. The summed E-state index contributed by atoms with van der Waals surface area (Å²) in [5, 5.41) is 11.9. The van der Waals surface area contributed by atoms with E-state index in [1.807, 2.05) is 7.05 Å². The summed E-state index contributed by atoms with van der Waals surface area (Å²) in [5.74, 6) is -1.49. The molecule has 1 unspecified atom stereocenters. The first-order valence-electron chi connectivity index (χ1n) is 10.6. The maximum absolute atomic E-state index is 13.0. The van der Waals surface area contributed by atoms with E-state index in [-0.39, 0.29) is 29.7 Å². The molecule has 9 heteroatoms. The predicted octanol–water partition coefficient (Wildman–Crippen LogP) is 2.13. The first-order valence-corrected chi connectivity index (χ1v) is 12.2. The SMILES string of the molecule is CN1[C@H]2CC[C@@H]1[C@@H](C(=O)NCCCCCC(=O)O)[C@@H](OP(=O)(O)c1ccccc1)C2. The van der Waals surface area contributed by atoms with E-state index in [2.05, 4.69) is 10.2 Å². The third-order valence-corrected chi connectivity index (χ3v) is 7.75. The van der Waals surface area contributed by atoms with Crippen LogP contribution < -0.4 is 10.6 Å². The number of unbranched alkanes of at least 4 members (excludes halogenated alkanes) is 2. The second-order valence-electron chi connectivity index (χ2n) is 8.22. The van der Waals surface area contributed by atoms with Crippen LogP contribution in [0.1, 0.15) is 44.9 Å². The highest BCUT2D eigenvalue weighted by molar-refractivity contribution is 7.61. The predicted molar refractivity (Wildman–Crippen MR) is 113 cm³/mol. The number of hydrogen-bond donors (Lipinski definition) is 3. The van der Waals surface area contributed by atoms with Crippen molar-refractivity contribution in [3.8, 4) is 0 Å². The molecule has 1 aromatic carbocycles. The molecule has 2 aliphatic rings. The molecule has 1 amide bonds. The summed E-state index contributed by atoms with van der Waals surface area (Å²) in [6, 6.07) is 8.51. The molecule has 3 rings (SSSR count). The molecule has 0 aromatic heterocycles. The van der Waals surface area contributed by atoms with Crippen molar-refractivity contribution in [2.24, 2.45) is 5.92 Å². The number of nitrogens with one attached hydrogen (secondary N) is 1. The molecule has 2 heterocycles. The van der Waals surface area contributed by atoms with Gasteiger partial charge in [0.25, 0.3) is 0 Å². The molecule has 0 spiro atoms. The van der Waals surface area contributed by atoms with E-state index < -0.39 is 25.6 Å². The number of benzene rings is 1. The highest BCUT2D eigenvalue weighted by Crippen LogP contribution is 2.48. The Kier molecular flexibility index (Phi) is 7.69. The molecule has 5 atom stereocenters. The maximum Gasteiger partial charge on any atom is 0.359 e. The molecule has 166 valence electrons. The van der Waals surface area contributed by atoms with Gasteiger partial charge in [-0.1, -0.05) is 24.6 Å². The third kappa shape index (κ3) is 5.49. The zero-order chi connectivity index (χ0) is 21.7. The van der Waals surface area contributed by atoms with Gasteiger partial charge >= 0.3 is 13.6 Å². The first kappa shape index (κ1) is 22.9. The zero-order valence-electron chi connectivity index (χ0n) is 17.3. The standard InChI is InChI=1S/C21H31N2O6P/c1-23-15-11-12-17(23)20(21(26)22-13-7-3-6-10-19(24)25)18(14-15)29-30(27,28)16-8-4-2-5-9-16/h2,4-5,8-9,15,17-18,20H,3,6-7,10-14H2,1H3,(H,22,26)(H,24,25)(H,27,28)/t15-,17+,18-,20+/m0/s1. The van der Waals surface area contributed by atoms with Crippen molar-refractivity contribution in [1.29, 1.82) is 0 Å². The molecule has 8 nitrogen and oxygen atoms in total. The fraction of sp³-hybridized carbons (Fsp3) is 0.619. The van der Waals surface area contributed by atoms with Crippen molar-refractivity contribution in [1.82, 2.24) is 10.2 Å². The number of piperidine rings is 1. The molecule has 2 aliphatic heterocycles. The number of aliphatic carboxylic acids is 1. The number of hydrogen-bond acceptors (Lipinski definition) is 5. The van der Waals surface area contributed by atoms with Crippen LogP contribution in [0.25, 0.3) is 0 Å². The molecule has 0 radical (unpaired) electrons. The van der Waals surface area contributed by atoms with Gasteiger partial charge in [-0.05, 0) is 51.3 Å². The number of fused-ring (bicyclic) bond motifs is 2. The van der Waals surface area contributed by atoms with Gasteiger partial charge in [-0.3, -0.25) is 19.1 Å². The zero-order valence-corrected chi connectivity index (χ0v) is 18.2. The van der Waals surface area contributed by atoms with Gasteiger partial charge < -0.3 is 19.8 Å². The number of carboxylic acids is 1. The van der Waals surface area contributed by atoms with E-state index in [9.17, 15) is 19.0 Å². The summed E-state index contributed by atoms with van der Waals surface area (Å²) in [4.78, 5) is 36.3. The van der Waals surface area contributed by atoms with E-state index in [4.69, 9.17) is 9.63 Å². The molecule has 2 fully saturated rings. The average Bonchev–Trinajstić information content (AvgIpc) is 2.94. The molecule has 3 N–H and O–H groups in total. The van der Waals surface area contributed by atoms with Crippen LogP contribution in [-0.2, 0) is 18.7 Å². The maximum atomic E-state index is 13.0. The lowest BCUT2D eigenvalue weighted by atomic mass is 9.87. The van der Waals surface area contributed by atoms with Gasteiger partial charge in [-0.15, -0.1) is 0 Å². The van der Waals surface area contributed by atoms with E-state index >= 15 is 0 Å². The molecule has 0 aliphatic carbocycles. The minimum Gasteiger partial charge on any atom is -0.481 e. The largest absolute Gasteiger partial charge is 0.481 e. The van der Waals surface area contributed by atoms with Crippen molar-refractivity contribution in [2.75, 3.05) is 13.6 Å². The molecular formula is C21H31N2O6P. The van der Waals surface area contributed by atoms with Crippen LogP contribution in [-0.4, -0.2) is 58.6 Å². The molecule has 0 saturated carbocycles. The Morgan fingerprint density at radius 1 is 1.20 bits per heavy atom. The molecular weight excluding hydrogens is 407 g/mol. The lowest BCUT2D eigenvalue weighted by molar-refractivity contribution is -0.137. The van der Waals surface area contributed by atoms with Crippen molar-refractivity contribution < 1.29 is 28.7 Å². The quantitative estimate of drug-likeness (QED) is 0.379. The topological polar surface area (TPSA) is 116 Å². The van der Waals surface area contributed by atoms with E-state index in [0.29, 0.717) is 25.8 Å². The van der Waals surface area contributed by atoms with Crippen LogP contribution in [0.3, 0.4) is 0 Å². The highest BCUT2D eigenvalue weighted by Gasteiger charge is 2.50. The second-order valence-corrected chi connectivity index (χ2v) is 9.99. The number of amides is 1. The fourth-order valence-electron chi connectivity index (χ4n) is 4.64. The lowest BCUT2D eigenvalue weighted by Crippen LogP contribution is -2.55. The number of nitrogens with zero attached hydrogens (tertiary/aromatic N) is 1. The van der Waals surface area contributed by atoms with Gasteiger partial charge in [0.2, 0.25) is 5.91 Å². The Labute approximate surface area is 177 Å². The summed E-state index contributed by atoms with van der Waals surface area (Å²) in [6.45, 7) is 0.455. The summed E-state index contributed by atoms with van der Waals surface area (Å²) in [5.41, 5.74) is 0. The first-order chi connectivity index (χ1) is 14.3. The second kappa shape index (κ2) is 10.1. The van der Waals surface area contributed by atoms with Gasteiger partial charge in [-0.25, -0.2) is 0 Å². The van der Waals surface area contributed by atoms with Crippen LogP contribution in [0.2, 0.25) is 0 Å². The minimum absolute atomic E-state index is 0.0171. The van der Waals surface area contributed by atoms with Gasteiger partial charge in [0, 0.05) is 25.0 Å².